The number of ether oxygens (including phenoxy) is 1. The van der Waals surface area contributed by atoms with Gasteiger partial charge in [-0.1, -0.05) is 20.3 Å². The third-order valence-corrected chi connectivity index (χ3v) is 2.41. The molecule has 0 atom stereocenters. The predicted molar refractivity (Wildman–Crippen MR) is 69.5 cm³/mol. The molecule has 1 aromatic carbocycles. The second-order valence-corrected chi connectivity index (χ2v) is 3.98. The van der Waals surface area contributed by atoms with Crippen LogP contribution in [0.5, 0.6) is 5.75 Å². The van der Waals surface area contributed by atoms with Crippen molar-refractivity contribution in [3.05, 3.63) is 29.8 Å². The summed E-state index contributed by atoms with van der Waals surface area (Å²) in [6.45, 7) is 5.62. The van der Waals surface area contributed by atoms with E-state index in [1.54, 1.807) is 12.1 Å². The van der Waals surface area contributed by atoms with E-state index >= 15 is 0 Å². The molecule has 0 bridgehead atoms. The number of carbonyl (C=O) groups is 1. The van der Waals surface area contributed by atoms with Crippen LogP contribution >= 0.6 is 0 Å². The first kappa shape index (κ1) is 13.6. The molecular formula is C14H21NO2. The summed E-state index contributed by atoms with van der Waals surface area (Å²) in [6.07, 6.45) is 3.09. The average molecular weight is 235 g/mol. The summed E-state index contributed by atoms with van der Waals surface area (Å²) in [7, 11) is 0. The lowest BCUT2D eigenvalue weighted by Gasteiger charge is -2.06. The van der Waals surface area contributed by atoms with Crippen LogP contribution in [0.4, 0.5) is 0 Å². The van der Waals surface area contributed by atoms with Gasteiger partial charge in [-0.2, -0.15) is 0 Å². The molecule has 1 N–H and O–H groups in total. The maximum atomic E-state index is 11.7. The summed E-state index contributed by atoms with van der Waals surface area (Å²) in [5.41, 5.74) is 0.685. The third kappa shape index (κ3) is 4.89. The standard InChI is InChI=1S/C14H21NO2/c1-3-5-10-15-14(16)12-6-8-13(9-7-12)17-11-4-2/h6-9H,3-5,10-11H2,1-2H3,(H,15,16). The summed E-state index contributed by atoms with van der Waals surface area (Å²) in [5, 5.41) is 2.88. The van der Waals surface area contributed by atoms with Crippen LogP contribution in [0.25, 0.3) is 0 Å². The van der Waals surface area contributed by atoms with Crippen molar-refractivity contribution in [2.75, 3.05) is 13.2 Å². The van der Waals surface area contributed by atoms with E-state index in [4.69, 9.17) is 4.74 Å². The Hall–Kier alpha value is -1.51. The largest absolute Gasteiger partial charge is 0.494 e. The van der Waals surface area contributed by atoms with Gasteiger partial charge in [0.2, 0.25) is 0 Å². The Labute approximate surface area is 103 Å². The molecule has 0 spiro atoms. The summed E-state index contributed by atoms with van der Waals surface area (Å²) in [6, 6.07) is 7.27. The second kappa shape index (κ2) is 7.71. The molecule has 17 heavy (non-hydrogen) atoms. The normalized spacial score (nSPS) is 10.0. The van der Waals surface area contributed by atoms with Crippen molar-refractivity contribution < 1.29 is 9.53 Å². The van der Waals surface area contributed by atoms with Crippen LogP contribution < -0.4 is 10.1 Å². The Balaban J connectivity index is 2.46. The van der Waals surface area contributed by atoms with Gasteiger partial charge < -0.3 is 10.1 Å². The van der Waals surface area contributed by atoms with Crippen LogP contribution in [0, 0.1) is 0 Å². The number of hydrogen-bond acceptors (Lipinski definition) is 2. The van der Waals surface area contributed by atoms with Gasteiger partial charge in [0.1, 0.15) is 5.75 Å². The van der Waals surface area contributed by atoms with E-state index in [0.717, 1.165) is 31.6 Å². The zero-order valence-corrected chi connectivity index (χ0v) is 10.7. The molecule has 1 amide bonds. The van der Waals surface area contributed by atoms with Crippen molar-refractivity contribution in [3.8, 4) is 5.75 Å². The Bertz CT molecular complexity index is 333. The third-order valence-electron chi connectivity index (χ3n) is 2.41. The van der Waals surface area contributed by atoms with Crippen molar-refractivity contribution in [2.24, 2.45) is 0 Å². The van der Waals surface area contributed by atoms with Gasteiger partial charge in [-0.05, 0) is 37.1 Å². The molecule has 0 saturated carbocycles. The lowest BCUT2D eigenvalue weighted by molar-refractivity contribution is 0.0953. The monoisotopic (exact) mass is 235 g/mol. The van der Waals surface area contributed by atoms with Gasteiger partial charge in [-0.3, -0.25) is 4.79 Å². The number of benzene rings is 1. The number of unbranched alkanes of at least 4 members (excludes halogenated alkanes) is 1. The summed E-state index contributed by atoms with van der Waals surface area (Å²) in [5.74, 6) is 0.803. The number of amides is 1. The summed E-state index contributed by atoms with van der Waals surface area (Å²) in [4.78, 5) is 11.7. The van der Waals surface area contributed by atoms with Crippen LogP contribution in [0.2, 0.25) is 0 Å². The van der Waals surface area contributed by atoms with Gasteiger partial charge in [0, 0.05) is 12.1 Å². The zero-order valence-electron chi connectivity index (χ0n) is 10.7. The Morgan fingerprint density at radius 1 is 1.18 bits per heavy atom. The molecule has 0 aliphatic heterocycles. The van der Waals surface area contributed by atoms with Crippen LogP contribution in [0.3, 0.4) is 0 Å². The number of carbonyl (C=O) groups excluding carboxylic acids is 1. The molecule has 0 saturated heterocycles. The van der Waals surface area contributed by atoms with E-state index in [1.807, 2.05) is 12.1 Å². The minimum Gasteiger partial charge on any atom is -0.494 e. The van der Waals surface area contributed by atoms with Crippen LogP contribution in [0.15, 0.2) is 24.3 Å². The number of nitrogens with one attached hydrogen (secondary N) is 1. The van der Waals surface area contributed by atoms with E-state index < -0.39 is 0 Å². The van der Waals surface area contributed by atoms with Gasteiger partial charge in [0.25, 0.3) is 5.91 Å². The van der Waals surface area contributed by atoms with Crippen molar-refractivity contribution in [3.63, 3.8) is 0 Å². The quantitative estimate of drug-likeness (QED) is 0.738. The lowest BCUT2D eigenvalue weighted by Crippen LogP contribution is -2.24. The highest BCUT2D eigenvalue weighted by molar-refractivity contribution is 5.94. The maximum Gasteiger partial charge on any atom is 0.251 e. The smallest absolute Gasteiger partial charge is 0.251 e. The molecule has 0 heterocycles. The molecule has 3 heteroatoms. The Morgan fingerprint density at radius 2 is 1.88 bits per heavy atom. The maximum absolute atomic E-state index is 11.7. The molecule has 0 aliphatic carbocycles. The molecule has 1 rings (SSSR count). The highest BCUT2D eigenvalue weighted by atomic mass is 16.5. The van der Waals surface area contributed by atoms with Gasteiger partial charge in [0.15, 0.2) is 0 Å². The minimum absolute atomic E-state index is 0.0134. The molecule has 3 nitrogen and oxygen atoms in total. The fourth-order valence-electron chi connectivity index (χ4n) is 1.40. The highest BCUT2D eigenvalue weighted by Gasteiger charge is 2.04. The van der Waals surface area contributed by atoms with E-state index in [-0.39, 0.29) is 5.91 Å². The number of hydrogen-bond donors (Lipinski definition) is 1. The molecule has 0 radical (unpaired) electrons. The van der Waals surface area contributed by atoms with Gasteiger partial charge in [-0.15, -0.1) is 0 Å². The van der Waals surface area contributed by atoms with Crippen molar-refractivity contribution in [1.29, 1.82) is 0 Å². The Morgan fingerprint density at radius 3 is 2.47 bits per heavy atom. The first-order valence-corrected chi connectivity index (χ1v) is 6.29. The minimum atomic E-state index is -0.0134. The SMILES string of the molecule is CCCCNC(=O)c1ccc(OCCC)cc1. The molecule has 94 valence electrons. The predicted octanol–water partition coefficient (Wildman–Crippen LogP) is 3.01. The second-order valence-electron chi connectivity index (χ2n) is 3.98. The van der Waals surface area contributed by atoms with Gasteiger partial charge in [-0.25, -0.2) is 0 Å². The summed E-state index contributed by atoms with van der Waals surface area (Å²) < 4.78 is 5.46. The van der Waals surface area contributed by atoms with E-state index in [1.165, 1.54) is 0 Å². The fraction of sp³-hybridized carbons (Fsp3) is 0.500. The molecule has 0 aromatic heterocycles. The summed E-state index contributed by atoms with van der Waals surface area (Å²) >= 11 is 0. The van der Waals surface area contributed by atoms with E-state index in [2.05, 4.69) is 19.2 Å². The van der Waals surface area contributed by atoms with Crippen LogP contribution in [-0.2, 0) is 0 Å². The lowest BCUT2D eigenvalue weighted by atomic mass is 10.2. The topological polar surface area (TPSA) is 38.3 Å². The van der Waals surface area contributed by atoms with E-state index in [0.29, 0.717) is 12.2 Å². The highest BCUT2D eigenvalue weighted by Crippen LogP contribution is 2.12. The van der Waals surface area contributed by atoms with Crippen LogP contribution in [-0.4, -0.2) is 19.1 Å². The Kier molecular flexibility index (Phi) is 6.15. The van der Waals surface area contributed by atoms with Crippen LogP contribution in [0.1, 0.15) is 43.5 Å². The van der Waals surface area contributed by atoms with Crippen molar-refractivity contribution >= 4 is 5.91 Å². The molecule has 1 aromatic rings. The molecule has 0 aliphatic rings. The molecule has 0 fully saturated rings. The zero-order chi connectivity index (χ0) is 12.5. The first-order valence-electron chi connectivity index (χ1n) is 6.29. The van der Waals surface area contributed by atoms with E-state index in [9.17, 15) is 4.79 Å². The molecular weight excluding hydrogens is 214 g/mol. The van der Waals surface area contributed by atoms with Crippen molar-refractivity contribution in [1.82, 2.24) is 5.32 Å². The number of rotatable bonds is 7. The van der Waals surface area contributed by atoms with Gasteiger partial charge in [0.05, 0.1) is 6.61 Å². The van der Waals surface area contributed by atoms with Gasteiger partial charge >= 0.3 is 0 Å². The fourth-order valence-corrected chi connectivity index (χ4v) is 1.40. The first-order chi connectivity index (χ1) is 8.27. The van der Waals surface area contributed by atoms with Crippen molar-refractivity contribution in [2.45, 2.75) is 33.1 Å². The molecule has 0 unspecified atom stereocenters. The average Bonchev–Trinajstić information content (AvgIpc) is 2.37.